The highest BCUT2D eigenvalue weighted by molar-refractivity contribution is 5.88. The number of aryl methyl sites for hydroxylation is 1. The van der Waals surface area contributed by atoms with Gasteiger partial charge in [-0.3, -0.25) is 4.99 Å². The Labute approximate surface area is 75.0 Å². The predicted octanol–water partition coefficient (Wildman–Crippen LogP) is 0.107. The van der Waals surface area contributed by atoms with Crippen LogP contribution in [0.15, 0.2) is 17.1 Å². The number of hydrogen-bond donors (Lipinski definition) is 1. The molecule has 1 N–H and O–H groups in total. The van der Waals surface area contributed by atoms with Crippen molar-refractivity contribution in [2.45, 2.75) is 6.92 Å². The van der Waals surface area contributed by atoms with Gasteiger partial charge in [0.1, 0.15) is 0 Å². The van der Waals surface area contributed by atoms with Crippen LogP contribution in [-0.4, -0.2) is 17.6 Å². The minimum Gasteiger partial charge on any atom is -0.478 e. The molecule has 66 valence electrons. The average molecular weight is 175 g/mol. The molecular formula is C10H9NO2. The van der Waals surface area contributed by atoms with E-state index in [1.54, 1.807) is 6.07 Å². The lowest BCUT2D eigenvalue weighted by Gasteiger charge is -1.96. The summed E-state index contributed by atoms with van der Waals surface area (Å²) in [4.78, 5) is 15.0. The minimum atomic E-state index is -0.881. The zero-order valence-electron chi connectivity index (χ0n) is 7.24. The number of rotatable bonds is 1. The van der Waals surface area contributed by atoms with Gasteiger partial charge in [-0.25, -0.2) is 4.79 Å². The van der Waals surface area contributed by atoms with E-state index in [0.29, 0.717) is 12.1 Å². The summed E-state index contributed by atoms with van der Waals surface area (Å²) in [5.74, 6) is -0.881. The second kappa shape index (κ2) is 2.69. The summed E-state index contributed by atoms with van der Waals surface area (Å²) >= 11 is 0. The van der Waals surface area contributed by atoms with Gasteiger partial charge in [-0.2, -0.15) is 0 Å². The molecule has 0 bridgehead atoms. The van der Waals surface area contributed by atoms with Gasteiger partial charge in [0.2, 0.25) is 0 Å². The summed E-state index contributed by atoms with van der Waals surface area (Å²) in [6, 6.07) is 3.59. The van der Waals surface area contributed by atoms with Gasteiger partial charge in [0, 0.05) is 5.22 Å². The molecule has 1 aliphatic rings. The highest BCUT2D eigenvalue weighted by atomic mass is 16.4. The Bertz CT molecular complexity index is 488. The third-order valence-corrected chi connectivity index (χ3v) is 2.09. The maximum atomic E-state index is 10.9. The van der Waals surface area contributed by atoms with Crippen LogP contribution in [-0.2, 0) is 0 Å². The zero-order valence-corrected chi connectivity index (χ0v) is 7.24. The number of fused-ring (bicyclic) bond motifs is 1. The van der Waals surface area contributed by atoms with Crippen LogP contribution < -0.4 is 10.6 Å². The summed E-state index contributed by atoms with van der Waals surface area (Å²) in [7, 11) is 0. The van der Waals surface area contributed by atoms with Gasteiger partial charge in [-0.05, 0) is 24.6 Å². The van der Waals surface area contributed by atoms with Gasteiger partial charge >= 0.3 is 5.97 Å². The summed E-state index contributed by atoms with van der Waals surface area (Å²) < 4.78 is 0. The molecule has 0 unspecified atom stereocenters. The van der Waals surface area contributed by atoms with Gasteiger partial charge in [-0.15, -0.1) is 0 Å². The molecule has 13 heavy (non-hydrogen) atoms. The number of carboxylic acid groups (broad SMARTS) is 1. The molecule has 0 atom stereocenters. The molecule has 0 aliphatic carbocycles. The number of benzene rings is 1. The Morgan fingerprint density at radius 3 is 3.00 bits per heavy atom. The number of carboxylic acids is 1. The normalized spacial score (nSPS) is 13.0. The predicted molar refractivity (Wildman–Crippen MR) is 48.3 cm³/mol. The van der Waals surface area contributed by atoms with E-state index in [9.17, 15) is 4.79 Å². The van der Waals surface area contributed by atoms with Crippen molar-refractivity contribution in [2.24, 2.45) is 4.99 Å². The lowest BCUT2D eigenvalue weighted by Crippen LogP contribution is -2.28. The van der Waals surface area contributed by atoms with E-state index in [2.05, 4.69) is 4.99 Å². The fraction of sp³-hybridized carbons (Fsp3) is 0.200. The average Bonchev–Trinajstić information content (AvgIpc) is 2.49. The second-order valence-corrected chi connectivity index (χ2v) is 3.10. The zero-order chi connectivity index (χ0) is 9.42. The third-order valence-electron chi connectivity index (χ3n) is 2.09. The number of carbonyl (C=O) groups is 1. The van der Waals surface area contributed by atoms with Crippen LogP contribution in [0.3, 0.4) is 0 Å². The highest BCUT2D eigenvalue weighted by Gasteiger charge is 2.08. The Balaban J connectivity index is 2.86. The molecule has 1 aromatic carbocycles. The SMILES string of the molecule is Cc1cc(C(=O)O)c2c(c1)=NCC=2. The fourth-order valence-electron chi connectivity index (χ4n) is 1.54. The van der Waals surface area contributed by atoms with Gasteiger partial charge < -0.3 is 5.11 Å². The van der Waals surface area contributed by atoms with Gasteiger partial charge in [-0.1, -0.05) is 6.08 Å². The molecule has 0 aromatic heterocycles. The lowest BCUT2D eigenvalue weighted by atomic mass is 10.1. The summed E-state index contributed by atoms with van der Waals surface area (Å²) in [5.41, 5.74) is 1.30. The van der Waals surface area contributed by atoms with Crippen molar-refractivity contribution in [3.05, 3.63) is 33.8 Å². The van der Waals surface area contributed by atoms with Crippen molar-refractivity contribution >= 4 is 12.0 Å². The largest absolute Gasteiger partial charge is 0.478 e. The molecule has 3 nitrogen and oxygen atoms in total. The van der Waals surface area contributed by atoms with Crippen molar-refractivity contribution in [1.82, 2.24) is 0 Å². The number of nitrogens with zero attached hydrogens (tertiary/aromatic N) is 1. The Morgan fingerprint density at radius 2 is 2.31 bits per heavy atom. The van der Waals surface area contributed by atoms with Crippen molar-refractivity contribution in [3.63, 3.8) is 0 Å². The third kappa shape index (κ3) is 1.22. The first kappa shape index (κ1) is 7.98. The number of aromatic carboxylic acids is 1. The van der Waals surface area contributed by atoms with E-state index < -0.39 is 5.97 Å². The van der Waals surface area contributed by atoms with E-state index >= 15 is 0 Å². The molecule has 1 aromatic rings. The molecule has 0 saturated carbocycles. The van der Waals surface area contributed by atoms with Crippen LogP contribution in [0.1, 0.15) is 15.9 Å². The second-order valence-electron chi connectivity index (χ2n) is 3.10. The standard InChI is InChI=1S/C10H9NO2/c1-6-4-8(10(12)13)7-2-3-11-9(7)5-6/h2,4-5H,3H2,1H3,(H,12,13). The van der Waals surface area contributed by atoms with Crippen molar-refractivity contribution in [2.75, 3.05) is 6.54 Å². The molecule has 2 rings (SSSR count). The van der Waals surface area contributed by atoms with Gasteiger partial charge in [0.15, 0.2) is 0 Å². The molecule has 0 amide bonds. The Hall–Kier alpha value is -1.64. The summed E-state index contributed by atoms with van der Waals surface area (Å²) in [5, 5.41) is 10.5. The molecule has 0 spiro atoms. The van der Waals surface area contributed by atoms with E-state index in [1.807, 2.05) is 19.1 Å². The number of hydrogen-bond acceptors (Lipinski definition) is 2. The first-order valence-electron chi connectivity index (χ1n) is 4.07. The van der Waals surface area contributed by atoms with E-state index in [-0.39, 0.29) is 0 Å². The molecule has 0 radical (unpaired) electrons. The summed E-state index contributed by atoms with van der Waals surface area (Å²) in [6.07, 6.45) is 1.85. The summed E-state index contributed by atoms with van der Waals surface area (Å²) in [6.45, 7) is 2.47. The van der Waals surface area contributed by atoms with Gasteiger partial charge in [0.25, 0.3) is 0 Å². The van der Waals surface area contributed by atoms with Crippen LogP contribution in [0.25, 0.3) is 6.08 Å². The Morgan fingerprint density at radius 1 is 1.54 bits per heavy atom. The molecule has 0 fully saturated rings. The Kier molecular flexibility index (Phi) is 1.65. The molecule has 3 heteroatoms. The van der Waals surface area contributed by atoms with Crippen LogP contribution in [0.4, 0.5) is 0 Å². The minimum absolute atomic E-state index is 0.358. The van der Waals surface area contributed by atoms with Crippen LogP contribution in [0.2, 0.25) is 0 Å². The lowest BCUT2D eigenvalue weighted by molar-refractivity contribution is 0.0695. The maximum absolute atomic E-state index is 10.9. The fourth-order valence-corrected chi connectivity index (χ4v) is 1.54. The van der Waals surface area contributed by atoms with Gasteiger partial charge in [0.05, 0.1) is 17.5 Å². The first-order valence-corrected chi connectivity index (χ1v) is 4.07. The molecule has 1 aliphatic heterocycles. The quantitative estimate of drug-likeness (QED) is 0.658. The van der Waals surface area contributed by atoms with E-state index in [1.165, 1.54) is 0 Å². The molecule has 0 saturated heterocycles. The van der Waals surface area contributed by atoms with Crippen LogP contribution >= 0.6 is 0 Å². The van der Waals surface area contributed by atoms with Crippen molar-refractivity contribution in [1.29, 1.82) is 0 Å². The first-order chi connectivity index (χ1) is 6.18. The van der Waals surface area contributed by atoms with Crippen molar-refractivity contribution < 1.29 is 9.90 Å². The van der Waals surface area contributed by atoms with Crippen LogP contribution in [0.5, 0.6) is 0 Å². The van der Waals surface area contributed by atoms with Crippen LogP contribution in [0, 0.1) is 6.92 Å². The molecule has 1 heterocycles. The topological polar surface area (TPSA) is 49.7 Å². The smallest absolute Gasteiger partial charge is 0.336 e. The van der Waals surface area contributed by atoms with E-state index in [4.69, 9.17) is 5.11 Å². The monoisotopic (exact) mass is 175 g/mol. The molecular weight excluding hydrogens is 166 g/mol. The van der Waals surface area contributed by atoms with Crippen molar-refractivity contribution in [3.8, 4) is 0 Å². The highest BCUT2D eigenvalue weighted by Crippen LogP contribution is 1.97. The van der Waals surface area contributed by atoms with E-state index in [0.717, 1.165) is 16.1 Å². The maximum Gasteiger partial charge on any atom is 0.336 e.